The van der Waals surface area contributed by atoms with Gasteiger partial charge in [0.25, 0.3) is 0 Å². The lowest BCUT2D eigenvalue weighted by Crippen LogP contribution is -2.42. The molecule has 0 atom stereocenters. The monoisotopic (exact) mass is 212 g/mol. The second kappa shape index (κ2) is 6.11. The van der Waals surface area contributed by atoms with Crippen LogP contribution in [0.4, 0.5) is 0 Å². The van der Waals surface area contributed by atoms with E-state index in [2.05, 4.69) is 6.92 Å². The van der Waals surface area contributed by atoms with Crippen molar-refractivity contribution in [3.8, 4) is 0 Å². The zero-order valence-corrected chi connectivity index (χ0v) is 10.3. The smallest absolute Gasteiger partial charge is 0.236 e. The van der Waals surface area contributed by atoms with Gasteiger partial charge in [-0.2, -0.15) is 0 Å². The molecule has 1 aliphatic rings. The van der Waals surface area contributed by atoms with Gasteiger partial charge in [0.2, 0.25) is 5.91 Å². The molecule has 1 aliphatic heterocycles. The van der Waals surface area contributed by atoms with E-state index >= 15 is 0 Å². The highest BCUT2D eigenvalue weighted by Crippen LogP contribution is 2.21. The number of rotatable bonds is 4. The van der Waals surface area contributed by atoms with Gasteiger partial charge in [0.1, 0.15) is 0 Å². The maximum absolute atomic E-state index is 11.8. The second-order valence-electron chi connectivity index (χ2n) is 4.85. The third-order valence-corrected chi connectivity index (χ3v) is 3.12. The summed E-state index contributed by atoms with van der Waals surface area (Å²) in [6, 6.07) is 0. The Morgan fingerprint density at radius 2 is 1.93 bits per heavy atom. The molecule has 15 heavy (non-hydrogen) atoms. The Kier molecular flexibility index (Phi) is 5.09. The Labute approximate surface area is 93.4 Å². The first-order valence-corrected chi connectivity index (χ1v) is 6.06. The molecule has 1 saturated heterocycles. The highest BCUT2D eigenvalue weighted by molar-refractivity contribution is 5.78. The van der Waals surface area contributed by atoms with Crippen molar-refractivity contribution in [2.75, 3.05) is 33.7 Å². The third kappa shape index (κ3) is 4.20. The average Bonchev–Trinajstić information content (AvgIpc) is 2.18. The first-order valence-electron chi connectivity index (χ1n) is 6.06. The third-order valence-electron chi connectivity index (χ3n) is 3.12. The SMILES string of the molecule is CCCC1CCN(C(=O)CN(C)C)CC1. The van der Waals surface area contributed by atoms with Crippen LogP contribution < -0.4 is 0 Å². The lowest BCUT2D eigenvalue weighted by atomic mass is 9.92. The Bertz CT molecular complexity index is 196. The van der Waals surface area contributed by atoms with Crippen molar-refractivity contribution in [2.45, 2.75) is 32.6 Å². The summed E-state index contributed by atoms with van der Waals surface area (Å²) in [5.41, 5.74) is 0. The van der Waals surface area contributed by atoms with Gasteiger partial charge in [-0.25, -0.2) is 0 Å². The molecule has 0 spiro atoms. The molecule has 1 rings (SSSR count). The van der Waals surface area contributed by atoms with Crippen LogP contribution in [-0.4, -0.2) is 49.4 Å². The first-order chi connectivity index (χ1) is 7.13. The van der Waals surface area contributed by atoms with E-state index in [0.717, 1.165) is 19.0 Å². The number of carbonyl (C=O) groups excluding carboxylic acids is 1. The molecule has 0 unspecified atom stereocenters. The van der Waals surface area contributed by atoms with Gasteiger partial charge >= 0.3 is 0 Å². The van der Waals surface area contributed by atoms with E-state index in [1.54, 1.807) is 0 Å². The van der Waals surface area contributed by atoms with E-state index in [0.29, 0.717) is 6.54 Å². The fraction of sp³-hybridized carbons (Fsp3) is 0.917. The quantitative estimate of drug-likeness (QED) is 0.706. The van der Waals surface area contributed by atoms with E-state index in [9.17, 15) is 4.79 Å². The molecular formula is C12H24N2O. The molecule has 3 heteroatoms. The minimum Gasteiger partial charge on any atom is -0.342 e. The van der Waals surface area contributed by atoms with Gasteiger partial charge in [0, 0.05) is 13.1 Å². The van der Waals surface area contributed by atoms with Crippen LogP contribution >= 0.6 is 0 Å². The first kappa shape index (κ1) is 12.5. The lowest BCUT2D eigenvalue weighted by Gasteiger charge is -2.32. The maximum Gasteiger partial charge on any atom is 0.236 e. The molecular weight excluding hydrogens is 188 g/mol. The van der Waals surface area contributed by atoms with Crippen molar-refractivity contribution >= 4 is 5.91 Å². The normalized spacial score (nSPS) is 18.5. The number of hydrogen-bond acceptors (Lipinski definition) is 2. The Hall–Kier alpha value is -0.570. The van der Waals surface area contributed by atoms with Gasteiger partial charge in [-0.1, -0.05) is 19.8 Å². The fourth-order valence-electron chi connectivity index (χ4n) is 2.25. The van der Waals surface area contributed by atoms with Crippen molar-refractivity contribution in [1.29, 1.82) is 0 Å². The van der Waals surface area contributed by atoms with Gasteiger partial charge in [-0.3, -0.25) is 4.79 Å². The summed E-state index contributed by atoms with van der Waals surface area (Å²) in [7, 11) is 3.89. The van der Waals surface area contributed by atoms with E-state index < -0.39 is 0 Å². The summed E-state index contributed by atoms with van der Waals surface area (Å²) in [5.74, 6) is 1.15. The van der Waals surface area contributed by atoms with Gasteiger partial charge in [-0.05, 0) is 32.9 Å². The molecule has 0 bridgehead atoms. The molecule has 0 aromatic heterocycles. The maximum atomic E-state index is 11.8. The van der Waals surface area contributed by atoms with Crippen molar-refractivity contribution < 1.29 is 4.79 Å². The van der Waals surface area contributed by atoms with E-state index in [1.165, 1.54) is 25.7 Å². The number of carbonyl (C=O) groups is 1. The summed E-state index contributed by atoms with van der Waals surface area (Å²) in [4.78, 5) is 15.7. The highest BCUT2D eigenvalue weighted by Gasteiger charge is 2.21. The van der Waals surface area contributed by atoms with Crippen molar-refractivity contribution in [1.82, 2.24) is 9.80 Å². The largest absolute Gasteiger partial charge is 0.342 e. The number of amides is 1. The van der Waals surface area contributed by atoms with Gasteiger partial charge in [-0.15, -0.1) is 0 Å². The predicted molar refractivity (Wildman–Crippen MR) is 62.8 cm³/mol. The molecule has 0 radical (unpaired) electrons. The summed E-state index contributed by atoms with van der Waals surface area (Å²) in [5, 5.41) is 0. The molecule has 1 amide bonds. The molecule has 1 heterocycles. The Morgan fingerprint density at radius 3 is 2.40 bits per heavy atom. The van der Waals surface area contributed by atoms with Crippen molar-refractivity contribution in [3.63, 3.8) is 0 Å². The van der Waals surface area contributed by atoms with Crippen LogP contribution in [0.2, 0.25) is 0 Å². The van der Waals surface area contributed by atoms with Gasteiger partial charge in [0.05, 0.1) is 6.54 Å². The van der Waals surface area contributed by atoms with Crippen LogP contribution in [0.25, 0.3) is 0 Å². The molecule has 1 fully saturated rings. The number of likely N-dealkylation sites (N-methyl/N-ethyl adjacent to an activating group) is 1. The molecule has 0 aromatic carbocycles. The van der Waals surface area contributed by atoms with Gasteiger partial charge in [0.15, 0.2) is 0 Å². The summed E-state index contributed by atoms with van der Waals surface area (Å²) >= 11 is 0. The zero-order valence-electron chi connectivity index (χ0n) is 10.3. The molecule has 0 N–H and O–H groups in total. The standard InChI is InChI=1S/C12H24N2O/c1-4-5-11-6-8-14(9-7-11)12(15)10-13(2)3/h11H,4-10H2,1-3H3. The molecule has 88 valence electrons. The number of piperidine rings is 1. The Morgan fingerprint density at radius 1 is 1.33 bits per heavy atom. The van der Waals surface area contributed by atoms with Crippen LogP contribution in [0.15, 0.2) is 0 Å². The van der Waals surface area contributed by atoms with E-state index in [-0.39, 0.29) is 5.91 Å². The minimum atomic E-state index is 0.287. The average molecular weight is 212 g/mol. The van der Waals surface area contributed by atoms with Crippen molar-refractivity contribution in [2.24, 2.45) is 5.92 Å². The number of likely N-dealkylation sites (tertiary alicyclic amines) is 1. The molecule has 0 aromatic rings. The topological polar surface area (TPSA) is 23.6 Å². The minimum absolute atomic E-state index is 0.287. The van der Waals surface area contributed by atoms with Crippen molar-refractivity contribution in [3.05, 3.63) is 0 Å². The predicted octanol–water partition coefficient (Wildman–Crippen LogP) is 1.59. The number of nitrogens with zero attached hydrogens (tertiary/aromatic N) is 2. The van der Waals surface area contributed by atoms with Crippen LogP contribution in [0.1, 0.15) is 32.6 Å². The lowest BCUT2D eigenvalue weighted by molar-refractivity contribution is -0.133. The summed E-state index contributed by atoms with van der Waals surface area (Å²) < 4.78 is 0. The van der Waals surface area contributed by atoms with Crippen LogP contribution in [0.3, 0.4) is 0 Å². The summed E-state index contributed by atoms with van der Waals surface area (Å²) in [6.07, 6.45) is 5.01. The van der Waals surface area contributed by atoms with E-state index in [4.69, 9.17) is 0 Å². The molecule has 3 nitrogen and oxygen atoms in total. The van der Waals surface area contributed by atoms with Gasteiger partial charge < -0.3 is 9.80 Å². The van der Waals surface area contributed by atoms with Crippen LogP contribution in [-0.2, 0) is 4.79 Å². The second-order valence-corrected chi connectivity index (χ2v) is 4.85. The number of hydrogen-bond donors (Lipinski definition) is 0. The fourth-order valence-corrected chi connectivity index (χ4v) is 2.25. The summed E-state index contributed by atoms with van der Waals surface area (Å²) in [6.45, 7) is 4.73. The molecule has 0 saturated carbocycles. The van der Waals surface area contributed by atoms with E-state index in [1.807, 2.05) is 23.9 Å². The zero-order chi connectivity index (χ0) is 11.3. The van der Waals surface area contributed by atoms with Crippen LogP contribution in [0, 0.1) is 5.92 Å². The van der Waals surface area contributed by atoms with Crippen LogP contribution in [0.5, 0.6) is 0 Å². The highest BCUT2D eigenvalue weighted by atomic mass is 16.2. The Balaban J connectivity index is 2.27. The molecule has 0 aliphatic carbocycles.